The van der Waals surface area contributed by atoms with E-state index in [4.69, 9.17) is 18.3 Å². The van der Waals surface area contributed by atoms with Crippen molar-refractivity contribution in [3.8, 4) is 0 Å². The third kappa shape index (κ3) is 2.87. The lowest BCUT2D eigenvalue weighted by Crippen LogP contribution is -2.52. The van der Waals surface area contributed by atoms with Gasteiger partial charge in [0, 0.05) is 13.1 Å². The van der Waals surface area contributed by atoms with Crippen LogP contribution < -0.4 is 11.2 Å². The number of carbonyl (C=O) groups excluding carboxylic acids is 1. The summed E-state index contributed by atoms with van der Waals surface area (Å²) >= 11 is 0. The molecule has 1 aliphatic heterocycles. The molecule has 4 nitrogen and oxygen atoms in total. The summed E-state index contributed by atoms with van der Waals surface area (Å²) in [7, 11) is 6.43. The molecular weight excluding hydrogens is 371 g/mol. The number of benzene rings is 1. The molecule has 6 aliphatic rings. The molecule has 4 saturated carbocycles. The van der Waals surface area contributed by atoms with Crippen LogP contribution in [0, 0.1) is 23.7 Å². The van der Waals surface area contributed by atoms with Crippen LogP contribution in [0.3, 0.4) is 0 Å². The fraction of sp³-hybridized carbons (Fsp3) is 0.720. The van der Waals surface area contributed by atoms with Crippen molar-refractivity contribution in [2.45, 2.75) is 68.8 Å². The normalized spacial score (nSPS) is 38.1. The van der Waals surface area contributed by atoms with E-state index in [2.05, 4.69) is 6.07 Å². The molecule has 1 atom stereocenters. The van der Waals surface area contributed by atoms with Crippen LogP contribution in [0.1, 0.15) is 68.4 Å². The van der Waals surface area contributed by atoms with Crippen molar-refractivity contribution in [2.75, 3.05) is 19.6 Å². The van der Waals surface area contributed by atoms with Gasteiger partial charge in [-0.05, 0) is 104 Å². The number of nitrogens with zero attached hydrogens (tertiary/aromatic N) is 1. The largest absolute Gasteiger partial charge is 0.446 e. The Labute approximate surface area is 181 Å². The molecule has 4 bridgehead atoms. The quantitative estimate of drug-likeness (QED) is 0.771. The Bertz CT molecular complexity index is 820. The van der Waals surface area contributed by atoms with Crippen LogP contribution in [0.5, 0.6) is 0 Å². The first kappa shape index (κ1) is 19.2. The molecule has 1 heterocycles. The van der Waals surface area contributed by atoms with Crippen molar-refractivity contribution in [2.24, 2.45) is 29.4 Å². The highest BCUT2D eigenvalue weighted by molar-refractivity contribution is 6.33. The number of piperidine rings is 1. The van der Waals surface area contributed by atoms with Gasteiger partial charge < -0.3 is 15.4 Å². The minimum Gasteiger partial charge on any atom is -0.446 e. The van der Waals surface area contributed by atoms with E-state index in [0.29, 0.717) is 24.3 Å². The summed E-state index contributed by atoms with van der Waals surface area (Å²) in [6.07, 6.45) is 9.64. The Morgan fingerprint density at radius 3 is 2.40 bits per heavy atom. The van der Waals surface area contributed by atoms with Gasteiger partial charge in [0.05, 0.1) is 0 Å². The van der Waals surface area contributed by atoms with Gasteiger partial charge in [-0.2, -0.15) is 0 Å². The lowest BCUT2D eigenvalue weighted by molar-refractivity contribution is -0.103. The Balaban J connectivity index is 1.14. The summed E-state index contributed by atoms with van der Waals surface area (Å²) in [5.74, 6) is 3.43. The zero-order chi connectivity index (χ0) is 20.5. The molecule has 1 aromatic rings. The average molecular weight is 404 g/mol. The van der Waals surface area contributed by atoms with E-state index in [9.17, 15) is 4.79 Å². The third-order valence-corrected chi connectivity index (χ3v) is 9.38. The van der Waals surface area contributed by atoms with Gasteiger partial charge in [-0.15, -0.1) is 0 Å². The number of amides is 1. The maximum Gasteiger partial charge on any atom is 0.410 e. The van der Waals surface area contributed by atoms with Gasteiger partial charge in [-0.25, -0.2) is 4.79 Å². The fourth-order valence-electron chi connectivity index (χ4n) is 8.27. The van der Waals surface area contributed by atoms with Crippen molar-refractivity contribution >= 4 is 19.4 Å². The van der Waals surface area contributed by atoms with E-state index in [1.807, 2.05) is 17.0 Å². The first-order valence-electron chi connectivity index (χ1n) is 12.1. The summed E-state index contributed by atoms with van der Waals surface area (Å²) < 4.78 is 6.20. The average Bonchev–Trinajstić information content (AvgIpc) is 3.05. The molecular formula is C25H33BN2O2. The maximum absolute atomic E-state index is 13.1. The summed E-state index contributed by atoms with van der Waals surface area (Å²) in [4.78, 5) is 15.0. The number of carbonyl (C=O) groups is 1. The first-order chi connectivity index (χ1) is 14.6. The topological polar surface area (TPSA) is 55.6 Å². The number of hydrogen-bond acceptors (Lipinski definition) is 3. The summed E-state index contributed by atoms with van der Waals surface area (Å²) in [5.41, 5.74) is 9.72. The maximum atomic E-state index is 13.1. The standard InChI is InChI=1S/C25H33BN2O2/c26-21-3-1-2-20-19(14-27)13-25(22(20)21)4-6-28(7-5-25)24(29)30-23-17-9-15-8-16(11-17)12-18(23)10-15/h1-3,15-19,23H,4-14,27H2. The highest BCUT2D eigenvalue weighted by atomic mass is 16.6. The molecule has 158 valence electrons. The zero-order valence-corrected chi connectivity index (χ0v) is 17.9. The van der Waals surface area contributed by atoms with Crippen LogP contribution in [-0.4, -0.2) is 44.6 Å². The molecule has 2 N–H and O–H groups in total. The first-order valence-corrected chi connectivity index (χ1v) is 12.1. The van der Waals surface area contributed by atoms with Crippen LogP contribution in [-0.2, 0) is 10.2 Å². The lowest BCUT2D eigenvalue weighted by Gasteiger charge is -2.53. The number of hydrogen-bond donors (Lipinski definition) is 1. The minimum absolute atomic E-state index is 0.0723. The number of ether oxygens (including phenoxy) is 1. The molecule has 5 heteroatoms. The van der Waals surface area contributed by atoms with Crippen LogP contribution in [0.2, 0.25) is 0 Å². The highest BCUT2D eigenvalue weighted by Crippen LogP contribution is 2.55. The van der Waals surface area contributed by atoms with Gasteiger partial charge in [0.15, 0.2) is 0 Å². The Kier molecular flexibility index (Phi) is 4.49. The van der Waals surface area contributed by atoms with Crippen molar-refractivity contribution in [1.29, 1.82) is 0 Å². The number of nitrogens with two attached hydrogens (primary N) is 1. The number of likely N-dealkylation sites (tertiary alicyclic amines) is 1. The Morgan fingerprint density at radius 2 is 1.77 bits per heavy atom. The predicted octanol–water partition coefficient (Wildman–Crippen LogP) is 3.22. The van der Waals surface area contributed by atoms with Gasteiger partial charge in [0.1, 0.15) is 14.0 Å². The molecule has 1 amide bonds. The van der Waals surface area contributed by atoms with Crippen LogP contribution >= 0.6 is 0 Å². The van der Waals surface area contributed by atoms with E-state index >= 15 is 0 Å². The zero-order valence-electron chi connectivity index (χ0n) is 17.9. The monoisotopic (exact) mass is 404 g/mol. The van der Waals surface area contributed by atoms with Crippen LogP contribution in [0.4, 0.5) is 4.79 Å². The molecule has 0 aromatic heterocycles. The van der Waals surface area contributed by atoms with E-state index in [-0.39, 0.29) is 17.6 Å². The van der Waals surface area contributed by atoms with E-state index < -0.39 is 0 Å². The van der Waals surface area contributed by atoms with Crippen LogP contribution in [0.15, 0.2) is 18.2 Å². The second kappa shape index (κ2) is 7.01. The predicted molar refractivity (Wildman–Crippen MR) is 118 cm³/mol. The SMILES string of the molecule is [B]c1cccc2c1C1(CCN(C(=O)OC3C4CC5CC(C4)CC3C5)CC1)CC2CN. The summed E-state index contributed by atoms with van der Waals surface area (Å²) in [5, 5.41) is 0. The van der Waals surface area contributed by atoms with E-state index in [1.54, 1.807) is 0 Å². The van der Waals surface area contributed by atoms with Gasteiger partial charge >= 0.3 is 6.09 Å². The van der Waals surface area contributed by atoms with Crippen molar-refractivity contribution in [3.05, 3.63) is 29.3 Å². The molecule has 7 rings (SSSR count). The van der Waals surface area contributed by atoms with Gasteiger partial charge in [-0.3, -0.25) is 0 Å². The van der Waals surface area contributed by atoms with Crippen molar-refractivity contribution in [1.82, 2.24) is 4.90 Å². The Morgan fingerprint density at radius 1 is 1.10 bits per heavy atom. The molecule has 30 heavy (non-hydrogen) atoms. The molecule has 1 unspecified atom stereocenters. The van der Waals surface area contributed by atoms with Gasteiger partial charge in [0.2, 0.25) is 0 Å². The van der Waals surface area contributed by atoms with Crippen molar-refractivity contribution in [3.63, 3.8) is 0 Å². The van der Waals surface area contributed by atoms with E-state index in [0.717, 1.165) is 49.7 Å². The molecule has 1 saturated heterocycles. The minimum atomic E-state index is -0.0723. The second-order valence-corrected chi connectivity index (χ2v) is 11.0. The van der Waals surface area contributed by atoms with Crippen LogP contribution in [0.25, 0.3) is 0 Å². The van der Waals surface area contributed by atoms with Gasteiger partial charge in [0.25, 0.3) is 0 Å². The molecule has 2 radical (unpaired) electrons. The van der Waals surface area contributed by atoms with Crippen molar-refractivity contribution < 1.29 is 9.53 Å². The number of rotatable bonds is 2. The second-order valence-electron chi connectivity index (χ2n) is 11.0. The Hall–Kier alpha value is -1.49. The fourth-order valence-corrected chi connectivity index (χ4v) is 8.27. The summed E-state index contributed by atoms with van der Waals surface area (Å²) in [6, 6.07) is 6.27. The van der Waals surface area contributed by atoms with E-state index in [1.165, 1.54) is 43.2 Å². The molecule has 5 fully saturated rings. The molecule has 1 spiro atoms. The van der Waals surface area contributed by atoms with Gasteiger partial charge in [-0.1, -0.05) is 23.7 Å². The third-order valence-electron chi connectivity index (χ3n) is 9.38. The highest BCUT2D eigenvalue weighted by Gasteiger charge is 2.51. The summed E-state index contributed by atoms with van der Waals surface area (Å²) in [6.45, 7) is 2.19. The number of fused-ring (bicyclic) bond motifs is 2. The molecule has 5 aliphatic carbocycles. The lowest BCUT2D eigenvalue weighted by atomic mass is 9.55. The smallest absolute Gasteiger partial charge is 0.410 e. The molecule has 1 aromatic carbocycles.